The zero-order valence-corrected chi connectivity index (χ0v) is 19.8. The predicted molar refractivity (Wildman–Crippen MR) is 128 cm³/mol. The van der Waals surface area contributed by atoms with E-state index in [1.54, 1.807) is 17.1 Å². The SMILES string of the molecule is CC1(N2CCN(c3cc4nc(Nc5cnn(C6COC6)c5Cl)ncc4cc3Cl)CC2)COC1. The highest BCUT2D eigenvalue weighted by Gasteiger charge is 2.40. The van der Waals surface area contributed by atoms with Crippen LogP contribution in [-0.4, -0.2) is 82.8 Å². The van der Waals surface area contributed by atoms with Crippen molar-refractivity contribution in [2.24, 2.45) is 0 Å². The normalized spacial score (nSPS) is 21.1. The van der Waals surface area contributed by atoms with Crippen molar-refractivity contribution < 1.29 is 9.47 Å². The van der Waals surface area contributed by atoms with E-state index in [4.69, 9.17) is 37.7 Å². The highest BCUT2D eigenvalue weighted by molar-refractivity contribution is 6.34. The average molecular weight is 490 g/mol. The molecule has 11 heteroatoms. The number of rotatable bonds is 5. The smallest absolute Gasteiger partial charge is 0.227 e. The third-order valence-electron chi connectivity index (χ3n) is 6.81. The Bertz CT molecular complexity index is 1190. The van der Waals surface area contributed by atoms with Gasteiger partial charge in [0, 0.05) is 37.8 Å². The zero-order valence-electron chi connectivity index (χ0n) is 18.3. The highest BCUT2D eigenvalue weighted by atomic mass is 35.5. The molecular formula is C22H25Cl2N7O2. The molecule has 0 amide bonds. The van der Waals surface area contributed by atoms with Crippen LogP contribution in [0, 0.1) is 0 Å². The average Bonchev–Trinajstić information content (AvgIpc) is 3.10. The molecule has 0 saturated carbocycles. The molecule has 33 heavy (non-hydrogen) atoms. The third-order valence-corrected chi connectivity index (χ3v) is 7.49. The summed E-state index contributed by atoms with van der Waals surface area (Å²) in [5.74, 6) is 0.463. The molecule has 0 radical (unpaired) electrons. The predicted octanol–water partition coefficient (Wildman–Crippen LogP) is 3.36. The summed E-state index contributed by atoms with van der Waals surface area (Å²) in [5.41, 5.74) is 2.67. The lowest BCUT2D eigenvalue weighted by Crippen LogP contribution is -2.64. The maximum absolute atomic E-state index is 6.66. The van der Waals surface area contributed by atoms with Crippen LogP contribution in [0.15, 0.2) is 24.5 Å². The lowest BCUT2D eigenvalue weighted by molar-refractivity contribution is -0.131. The van der Waals surface area contributed by atoms with Gasteiger partial charge in [-0.3, -0.25) is 4.90 Å². The largest absolute Gasteiger partial charge is 0.377 e. The molecule has 0 bridgehead atoms. The standard InChI is InChI=1S/C22H25Cl2N7O2/c1-22(12-33-13-22)30-4-2-29(3-5-30)19-7-17-14(6-16(19)23)8-25-21(27-17)28-18-9-26-31(20(18)24)15-10-32-11-15/h6-9,15H,2-5,10-13H2,1H3,(H,25,27,28). The Morgan fingerprint density at radius 2 is 1.85 bits per heavy atom. The number of nitrogens with zero attached hydrogens (tertiary/aromatic N) is 6. The molecule has 0 aliphatic carbocycles. The molecule has 0 spiro atoms. The second-order valence-corrected chi connectivity index (χ2v) is 9.89. The molecule has 5 heterocycles. The van der Waals surface area contributed by atoms with E-state index in [0.29, 0.717) is 35.0 Å². The molecule has 3 aliphatic rings. The van der Waals surface area contributed by atoms with Gasteiger partial charge in [0.25, 0.3) is 0 Å². The molecule has 3 aliphatic heterocycles. The number of fused-ring (bicyclic) bond motifs is 1. The van der Waals surface area contributed by atoms with Crippen molar-refractivity contribution in [1.29, 1.82) is 0 Å². The second-order valence-electron chi connectivity index (χ2n) is 9.13. The fourth-order valence-electron chi connectivity index (χ4n) is 4.58. The fourth-order valence-corrected chi connectivity index (χ4v) is 5.15. The Balaban J connectivity index is 1.21. The number of ether oxygens (including phenoxy) is 2. The maximum Gasteiger partial charge on any atom is 0.227 e. The van der Waals surface area contributed by atoms with E-state index in [-0.39, 0.29) is 11.6 Å². The van der Waals surface area contributed by atoms with Crippen LogP contribution in [0.25, 0.3) is 10.9 Å². The molecule has 6 rings (SSSR count). The summed E-state index contributed by atoms with van der Waals surface area (Å²) in [4.78, 5) is 14.0. The molecule has 3 aromatic rings. The van der Waals surface area contributed by atoms with Gasteiger partial charge in [-0.1, -0.05) is 23.2 Å². The van der Waals surface area contributed by atoms with Gasteiger partial charge < -0.3 is 19.7 Å². The van der Waals surface area contributed by atoms with Gasteiger partial charge in [-0.15, -0.1) is 0 Å². The number of nitrogens with one attached hydrogen (secondary N) is 1. The quantitative estimate of drug-likeness (QED) is 0.584. The molecule has 3 saturated heterocycles. The van der Waals surface area contributed by atoms with Crippen LogP contribution in [-0.2, 0) is 9.47 Å². The molecule has 9 nitrogen and oxygen atoms in total. The lowest BCUT2D eigenvalue weighted by Gasteiger charge is -2.50. The Kier molecular flexibility index (Phi) is 5.34. The second kappa shape index (κ2) is 8.25. The number of hydrogen-bond donors (Lipinski definition) is 1. The van der Waals surface area contributed by atoms with Gasteiger partial charge >= 0.3 is 0 Å². The van der Waals surface area contributed by atoms with Gasteiger partial charge in [0.15, 0.2) is 5.15 Å². The molecule has 0 unspecified atom stereocenters. The first-order chi connectivity index (χ1) is 16.0. The Morgan fingerprint density at radius 1 is 1.06 bits per heavy atom. The molecule has 1 N–H and O–H groups in total. The van der Waals surface area contributed by atoms with E-state index in [1.165, 1.54) is 0 Å². The van der Waals surface area contributed by atoms with E-state index >= 15 is 0 Å². The molecule has 3 fully saturated rings. The number of aromatic nitrogens is 4. The number of halogens is 2. The Morgan fingerprint density at radius 3 is 2.52 bits per heavy atom. The maximum atomic E-state index is 6.66. The topological polar surface area (TPSA) is 80.6 Å². The zero-order chi connectivity index (χ0) is 22.6. The van der Waals surface area contributed by atoms with E-state index in [9.17, 15) is 0 Å². The van der Waals surface area contributed by atoms with Crippen LogP contribution in [0.4, 0.5) is 17.3 Å². The fraction of sp³-hybridized carbons (Fsp3) is 0.500. The van der Waals surface area contributed by atoms with Crippen molar-refractivity contribution in [3.05, 3.63) is 34.7 Å². The van der Waals surface area contributed by atoms with Gasteiger partial charge in [0.05, 0.1) is 60.1 Å². The molecule has 174 valence electrons. The summed E-state index contributed by atoms with van der Waals surface area (Å²) in [5, 5.41) is 9.68. The summed E-state index contributed by atoms with van der Waals surface area (Å²) >= 11 is 13.2. The summed E-state index contributed by atoms with van der Waals surface area (Å²) in [7, 11) is 0. The van der Waals surface area contributed by atoms with Crippen LogP contribution >= 0.6 is 23.2 Å². The van der Waals surface area contributed by atoms with Gasteiger partial charge in [-0.25, -0.2) is 14.6 Å². The minimum absolute atomic E-state index is 0.174. The van der Waals surface area contributed by atoms with Gasteiger partial charge in [-0.2, -0.15) is 5.10 Å². The Hall–Kier alpha value is -2.17. The van der Waals surface area contributed by atoms with Crippen molar-refractivity contribution in [2.45, 2.75) is 18.5 Å². The molecule has 0 atom stereocenters. The Labute approximate surface area is 201 Å². The summed E-state index contributed by atoms with van der Waals surface area (Å²) in [6.07, 6.45) is 3.46. The van der Waals surface area contributed by atoms with E-state index in [2.05, 4.69) is 32.1 Å². The number of piperazine rings is 1. The third kappa shape index (κ3) is 3.81. The minimum atomic E-state index is 0.174. The first kappa shape index (κ1) is 21.4. The van der Waals surface area contributed by atoms with Crippen molar-refractivity contribution in [2.75, 3.05) is 62.8 Å². The van der Waals surface area contributed by atoms with Crippen molar-refractivity contribution in [3.63, 3.8) is 0 Å². The molecular weight excluding hydrogens is 465 g/mol. The summed E-state index contributed by atoms with van der Waals surface area (Å²) in [6.45, 7) is 8.94. The van der Waals surface area contributed by atoms with Crippen LogP contribution in [0.2, 0.25) is 10.2 Å². The number of anilines is 3. The first-order valence-corrected chi connectivity index (χ1v) is 11.9. The lowest BCUT2D eigenvalue weighted by atomic mass is 9.97. The monoisotopic (exact) mass is 489 g/mol. The van der Waals surface area contributed by atoms with Crippen LogP contribution in [0.3, 0.4) is 0 Å². The number of benzene rings is 1. The van der Waals surface area contributed by atoms with Gasteiger partial charge in [-0.05, 0) is 19.1 Å². The minimum Gasteiger partial charge on any atom is -0.377 e. The van der Waals surface area contributed by atoms with Gasteiger partial charge in [0.1, 0.15) is 6.04 Å². The van der Waals surface area contributed by atoms with E-state index in [0.717, 1.165) is 56.0 Å². The summed E-state index contributed by atoms with van der Waals surface area (Å²) < 4.78 is 12.4. The van der Waals surface area contributed by atoms with Crippen LogP contribution in [0.1, 0.15) is 13.0 Å². The molecule has 1 aromatic carbocycles. The highest BCUT2D eigenvalue weighted by Crippen LogP contribution is 2.34. The van der Waals surface area contributed by atoms with Crippen LogP contribution < -0.4 is 10.2 Å². The number of hydrogen-bond acceptors (Lipinski definition) is 8. The van der Waals surface area contributed by atoms with E-state index in [1.807, 2.05) is 12.1 Å². The summed E-state index contributed by atoms with van der Waals surface area (Å²) in [6, 6.07) is 4.16. The van der Waals surface area contributed by atoms with Gasteiger partial charge in [0.2, 0.25) is 5.95 Å². The van der Waals surface area contributed by atoms with Crippen LogP contribution in [0.5, 0.6) is 0 Å². The van der Waals surface area contributed by atoms with Crippen molar-refractivity contribution in [3.8, 4) is 0 Å². The van der Waals surface area contributed by atoms with E-state index < -0.39 is 0 Å². The first-order valence-electron chi connectivity index (χ1n) is 11.1. The molecule has 2 aromatic heterocycles. The van der Waals surface area contributed by atoms with Crippen molar-refractivity contribution >= 4 is 51.4 Å². The van der Waals surface area contributed by atoms with Crippen molar-refractivity contribution in [1.82, 2.24) is 24.6 Å².